The largest absolute Gasteiger partial charge is 0.478 e. The molecular formula is C13H12ClN3O3S. The molecule has 1 aromatic heterocycles. The first-order valence-electron chi connectivity index (χ1n) is 5.91. The Morgan fingerprint density at radius 2 is 2.00 bits per heavy atom. The normalized spacial score (nSPS) is 10.2. The Morgan fingerprint density at radius 1 is 1.29 bits per heavy atom. The van der Waals surface area contributed by atoms with Crippen molar-refractivity contribution in [3.63, 3.8) is 0 Å². The lowest BCUT2D eigenvalue weighted by Crippen LogP contribution is -2.20. The number of hydrogen-bond donors (Lipinski definition) is 3. The third-order valence-electron chi connectivity index (χ3n) is 2.71. The third kappa shape index (κ3) is 3.71. The smallest absolute Gasteiger partial charge is 0.337 e. The number of thiazole rings is 1. The molecule has 0 aliphatic rings. The molecule has 0 saturated heterocycles. The minimum Gasteiger partial charge on any atom is -0.478 e. The van der Waals surface area contributed by atoms with Gasteiger partial charge in [-0.05, 0) is 32.0 Å². The van der Waals surface area contributed by atoms with E-state index < -0.39 is 12.0 Å². The highest BCUT2D eigenvalue weighted by atomic mass is 35.5. The average Bonchev–Trinajstić information content (AvgIpc) is 2.70. The number of aromatic carboxylic acids is 1. The molecule has 0 aliphatic carbocycles. The van der Waals surface area contributed by atoms with Crippen LogP contribution in [-0.4, -0.2) is 22.1 Å². The summed E-state index contributed by atoms with van der Waals surface area (Å²) in [4.78, 5) is 28.2. The lowest BCUT2D eigenvalue weighted by atomic mass is 10.2. The number of carbonyl (C=O) groups is 2. The summed E-state index contributed by atoms with van der Waals surface area (Å²) in [6.07, 6.45) is 0. The predicted octanol–water partition coefficient (Wildman–Crippen LogP) is 3.76. The van der Waals surface area contributed by atoms with Crippen LogP contribution in [0.25, 0.3) is 0 Å². The quantitative estimate of drug-likeness (QED) is 0.801. The van der Waals surface area contributed by atoms with Crippen LogP contribution in [0.2, 0.25) is 5.02 Å². The topological polar surface area (TPSA) is 91.3 Å². The molecule has 0 fully saturated rings. The minimum absolute atomic E-state index is 0.0795. The Labute approximate surface area is 129 Å². The Balaban J connectivity index is 2.14. The molecule has 6 nitrogen and oxygen atoms in total. The number of carboxylic acids is 1. The second-order valence-corrected chi connectivity index (χ2v) is 5.87. The van der Waals surface area contributed by atoms with Gasteiger partial charge >= 0.3 is 12.0 Å². The molecule has 0 radical (unpaired) electrons. The van der Waals surface area contributed by atoms with Crippen molar-refractivity contribution in [2.45, 2.75) is 13.8 Å². The molecule has 0 atom stereocenters. The Hall–Kier alpha value is -2.12. The van der Waals surface area contributed by atoms with Crippen LogP contribution in [0, 0.1) is 13.8 Å². The fraction of sp³-hybridized carbons (Fsp3) is 0.154. The van der Waals surface area contributed by atoms with Crippen molar-refractivity contribution in [1.82, 2.24) is 4.98 Å². The minimum atomic E-state index is -1.17. The van der Waals surface area contributed by atoms with E-state index in [1.54, 1.807) is 0 Å². The third-order valence-corrected chi connectivity index (χ3v) is 3.93. The molecule has 0 bridgehead atoms. The van der Waals surface area contributed by atoms with Crippen LogP contribution in [0.4, 0.5) is 15.6 Å². The number of aryl methyl sites for hydroxylation is 2. The van der Waals surface area contributed by atoms with Crippen LogP contribution >= 0.6 is 22.9 Å². The summed E-state index contributed by atoms with van der Waals surface area (Å²) in [7, 11) is 0. The van der Waals surface area contributed by atoms with Gasteiger partial charge in [0.2, 0.25) is 0 Å². The summed E-state index contributed by atoms with van der Waals surface area (Å²) in [5.41, 5.74) is 0.923. The number of nitrogens with zero attached hydrogens (tertiary/aromatic N) is 1. The zero-order valence-electron chi connectivity index (χ0n) is 11.2. The van der Waals surface area contributed by atoms with Gasteiger partial charge in [-0.2, -0.15) is 0 Å². The molecular weight excluding hydrogens is 314 g/mol. The molecule has 0 unspecified atom stereocenters. The molecule has 1 heterocycles. The number of nitrogens with one attached hydrogen (secondary N) is 2. The number of halogens is 1. The monoisotopic (exact) mass is 325 g/mol. The zero-order valence-corrected chi connectivity index (χ0v) is 12.8. The molecule has 2 rings (SSSR count). The van der Waals surface area contributed by atoms with Crippen molar-refractivity contribution in [3.05, 3.63) is 39.4 Å². The van der Waals surface area contributed by atoms with Gasteiger partial charge in [0.1, 0.15) is 0 Å². The number of hydrogen-bond acceptors (Lipinski definition) is 4. The summed E-state index contributed by atoms with van der Waals surface area (Å²) in [6, 6.07) is 3.65. The van der Waals surface area contributed by atoms with E-state index >= 15 is 0 Å². The molecule has 3 N–H and O–H groups in total. The van der Waals surface area contributed by atoms with E-state index in [0.717, 1.165) is 10.6 Å². The highest BCUT2D eigenvalue weighted by Crippen LogP contribution is 2.23. The fourth-order valence-corrected chi connectivity index (χ4v) is 2.56. The maximum Gasteiger partial charge on any atom is 0.337 e. The highest BCUT2D eigenvalue weighted by molar-refractivity contribution is 7.15. The van der Waals surface area contributed by atoms with Crippen molar-refractivity contribution >= 4 is 45.8 Å². The first kappa shape index (κ1) is 15.3. The molecule has 8 heteroatoms. The van der Waals surface area contributed by atoms with Crippen molar-refractivity contribution in [2.24, 2.45) is 0 Å². The van der Waals surface area contributed by atoms with Crippen LogP contribution in [-0.2, 0) is 0 Å². The first-order valence-corrected chi connectivity index (χ1v) is 7.11. The summed E-state index contributed by atoms with van der Waals surface area (Å²) >= 11 is 7.09. The van der Waals surface area contributed by atoms with E-state index in [2.05, 4.69) is 15.6 Å². The Kier molecular flexibility index (Phi) is 4.44. The van der Waals surface area contributed by atoms with Gasteiger partial charge in [0, 0.05) is 9.90 Å². The van der Waals surface area contributed by atoms with Gasteiger partial charge in [-0.3, -0.25) is 5.32 Å². The van der Waals surface area contributed by atoms with Gasteiger partial charge in [0.25, 0.3) is 0 Å². The van der Waals surface area contributed by atoms with Gasteiger partial charge < -0.3 is 10.4 Å². The molecule has 110 valence electrons. The van der Waals surface area contributed by atoms with Crippen molar-refractivity contribution in [2.75, 3.05) is 10.6 Å². The van der Waals surface area contributed by atoms with Crippen LogP contribution in [0.15, 0.2) is 18.2 Å². The Bertz CT molecular complexity index is 695. The van der Waals surface area contributed by atoms with E-state index in [4.69, 9.17) is 16.7 Å². The average molecular weight is 326 g/mol. The molecule has 21 heavy (non-hydrogen) atoms. The van der Waals surface area contributed by atoms with Gasteiger partial charge in [0.15, 0.2) is 5.13 Å². The second-order valence-electron chi connectivity index (χ2n) is 4.23. The molecule has 1 aromatic carbocycles. The number of benzene rings is 1. The van der Waals surface area contributed by atoms with Gasteiger partial charge in [-0.1, -0.05) is 11.6 Å². The number of urea groups is 1. The van der Waals surface area contributed by atoms with Gasteiger partial charge in [-0.15, -0.1) is 11.3 Å². The first-order chi connectivity index (χ1) is 9.86. The fourth-order valence-electron chi connectivity index (χ4n) is 1.58. The van der Waals surface area contributed by atoms with Crippen molar-refractivity contribution < 1.29 is 14.7 Å². The van der Waals surface area contributed by atoms with E-state index in [-0.39, 0.29) is 16.3 Å². The molecule has 0 aliphatic heterocycles. The maximum atomic E-state index is 11.9. The van der Waals surface area contributed by atoms with Crippen LogP contribution in [0.1, 0.15) is 20.9 Å². The summed E-state index contributed by atoms with van der Waals surface area (Å²) in [5, 5.41) is 14.9. The van der Waals surface area contributed by atoms with E-state index in [9.17, 15) is 9.59 Å². The zero-order chi connectivity index (χ0) is 15.6. The standard InChI is InChI=1S/C13H12ClN3O3S/c1-6-7(2)21-13(15-6)17-12(20)16-10-4-3-8(14)5-9(10)11(18)19/h3-5H,1-2H3,(H,18,19)(H2,15,16,17,20). The number of amides is 2. The van der Waals surface area contributed by atoms with Crippen molar-refractivity contribution in [3.8, 4) is 0 Å². The van der Waals surface area contributed by atoms with Gasteiger partial charge in [-0.25, -0.2) is 14.6 Å². The lowest BCUT2D eigenvalue weighted by molar-refractivity contribution is 0.0698. The molecule has 2 amide bonds. The molecule has 0 saturated carbocycles. The number of anilines is 2. The Morgan fingerprint density at radius 3 is 2.57 bits per heavy atom. The highest BCUT2D eigenvalue weighted by Gasteiger charge is 2.14. The molecule has 2 aromatic rings. The summed E-state index contributed by atoms with van der Waals surface area (Å²) < 4.78 is 0. The van der Waals surface area contributed by atoms with E-state index in [1.165, 1.54) is 29.5 Å². The SMILES string of the molecule is Cc1nc(NC(=O)Nc2ccc(Cl)cc2C(=O)O)sc1C. The number of aromatic nitrogens is 1. The number of carboxylic acid groups (broad SMARTS) is 1. The summed E-state index contributed by atoms with van der Waals surface area (Å²) in [6.45, 7) is 3.74. The van der Waals surface area contributed by atoms with Crippen LogP contribution in [0.3, 0.4) is 0 Å². The van der Waals surface area contributed by atoms with Crippen molar-refractivity contribution in [1.29, 1.82) is 0 Å². The lowest BCUT2D eigenvalue weighted by Gasteiger charge is -2.08. The number of rotatable bonds is 3. The van der Waals surface area contributed by atoms with Crippen LogP contribution in [0.5, 0.6) is 0 Å². The second kappa shape index (κ2) is 6.11. The van der Waals surface area contributed by atoms with Crippen LogP contribution < -0.4 is 10.6 Å². The predicted molar refractivity (Wildman–Crippen MR) is 82.6 cm³/mol. The van der Waals surface area contributed by atoms with E-state index in [0.29, 0.717) is 5.13 Å². The van der Waals surface area contributed by atoms with E-state index in [1.807, 2.05) is 13.8 Å². The van der Waals surface area contributed by atoms with Gasteiger partial charge in [0.05, 0.1) is 16.9 Å². The number of carbonyl (C=O) groups excluding carboxylic acids is 1. The molecule has 0 spiro atoms. The maximum absolute atomic E-state index is 11.9. The summed E-state index contributed by atoms with van der Waals surface area (Å²) in [5.74, 6) is -1.17.